The van der Waals surface area contributed by atoms with Crippen LogP contribution in [0.5, 0.6) is 17.2 Å². The maximum Gasteiger partial charge on any atom is 0.153 e. The lowest BCUT2D eigenvalue weighted by molar-refractivity contribution is 0.409. The molecule has 0 aliphatic carbocycles. The number of nitrogens with two attached hydrogens (primary N) is 1. The van der Waals surface area contributed by atoms with E-state index < -0.39 is 0 Å². The van der Waals surface area contributed by atoms with E-state index in [-0.39, 0.29) is 0 Å². The molecule has 0 saturated heterocycles. The Kier molecular flexibility index (Phi) is 3.99. The summed E-state index contributed by atoms with van der Waals surface area (Å²) in [5, 5.41) is 0. The van der Waals surface area contributed by atoms with Gasteiger partial charge < -0.3 is 15.2 Å². The minimum atomic E-state index is 0.588. The van der Waals surface area contributed by atoms with Crippen molar-refractivity contribution >= 4 is 17.4 Å². The maximum absolute atomic E-state index is 5.86. The monoisotopic (exact) mass is 261 g/mol. The molecule has 4 heteroatoms. The van der Waals surface area contributed by atoms with Crippen LogP contribution in [0, 0.1) is 0 Å². The Morgan fingerprint density at radius 1 is 1.00 bits per heavy atom. The summed E-state index contributed by atoms with van der Waals surface area (Å²) in [6.45, 7) is 0. The lowest BCUT2D eigenvalue weighted by atomic mass is 10.2. The summed E-state index contributed by atoms with van der Waals surface area (Å²) in [6, 6.07) is 13.2. The minimum Gasteiger partial charge on any atom is -0.497 e. The Bertz CT molecular complexity index is 526. The van der Waals surface area contributed by atoms with Crippen molar-refractivity contribution in [2.75, 3.05) is 19.1 Å². The normalized spacial score (nSPS) is 10.1. The Hall–Kier alpha value is -1.81. The molecule has 0 amide bonds. The predicted molar refractivity (Wildman–Crippen MR) is 75.7 cm³/mol. The number of thioether (sulfide) groups is 1. The average molecular weight is 261 g/mol. The number of hydrogen-bond acceptors (Lipinski definition) is 4. The van der Waals surface area contributed by atoms with Crippen molar-refractivity contribution in [2.45, 2.75) is 4.90 Å². The van der Waals surface area contributed by atoms with Gasteiger partial charge in [0.05, 0.1) is 12.8 Å². The SMILES string of the molecule is COc1ccc(N)c(Oc2ccc(SC)cc2)c1. The summed E-state index contributed by atoms with van der Waals surface area (Å²) >= 11 is 1.69. The zero-order valence-electron chi connectivity index (χ0n) is 10.3. The highest BCUT2D eigenvalue weighted by Crippen LogP contribution is 2.31. The summed E-state index contributed by atoms with van der Waals surface area (Å²) < 4.78 is 10.9. The first-order valence-corrected chi connectivity index (χ1v) is 6.71. The molecule has 0 fully saturated rings. The highest BCUT2D eigenvalue weighted by atomic mass is 32.2. The van der Waals surface area contributed by atoms with Crippen molar-refractivity contribution < 1.29 is 9.47 Å². The fourth-order valence-electron chi connectivity index (χ4n) is 1.50. The Balaban J connectivity index is 2.21. The summed E-state index contributed by atoms with van der Waals surface area (Å²) in [6.07, 6.45) is 2.04. The quantitative estimate of drug-likeness (QED) is 0.671. The molecule has 18 heavy (non-hydrogen) atoms. The second-order valence-corrected chi connectivity index (χ2v) is 4.56. The molecule has 0 unspecified atom stereocenters. The van der Waals surface area contributed by atoms with Crippen LogP contribution in [-0.2, 0) is 0 Å². The molecule has 0 heterocycles. The molecule has 0 radical (unpaired) electrons. The smallest absolute Gasteiger partial charge is 0.153 e. The third-order valence-corrected chi connectivity index (χ3v) is 3.25. The first kappa shape index (κ1) is 12.6. The minimum absolute atomic E-state index is 0.588. The number of nitrogen functional groups attached to an aromatic ring is 1. The van der Waals surface area contributed by atoms with Gasteiger partial charge in [-0.15, -0.1) is 11.8 Å². The number of anilines is 1. The summed E-state index contributed by atoms with van der Waals surface area (Å²) in [5.74, 6) is 2.08. The lowest BCUT2D eigenvalue weighted by Crippen LogP contribution is -1.93. The van der Waals surface area contributed by atoms with Gasteiger partial charge in [-0.25, -0.2) is 0 Å². The second kappa shape index (κ2) is 5.69. The molecule has 2 aromatic rings. The van der Waals surface area contributed by atoms with Crippen LogP contribution in [0.1, 0.15) is 0 Å². The third-order valence-electron chi connectivity index (χ3n) is 2.51. The Morgan fingerprint density at radius 2 is 1.67 bits per heavy atom. The first-order chi connectivity index (χ1) is 8.72. The molecule has 94 valence electrons. The van der Waals surface area contributed by atoms with Gasteiger partial charge in [0, 0.05) is 11.0 Å². The fraction of sp³-hybridized carbons (Fsp3) is 0.143. The van der Waals surface area contributed by atoms with E-state index in [4.69, 9.17) is 15.2 Å². The number of hydrogen-bond donors (Lipinski definition) is 1. The molecule has 0 atom stereocenters. The molecule has 0 saturated carbocycles. The van der Waals surface area contributed by atoms with Gasteiger partial charge in [0.1, 0.15) is 11.5 Å². The number of benzene rings is 2. The van der Waals surface area contributed by atoms with E-state index in [0.29, 0.717) is 11.4 Å². The molecular formula is C14H15NO2S. The third kappa shape index (κ3) is 2.90. The van der Waals surface area contributed by atoms with Gasteiger partial charge in [-0.3, -0.25) is 0 Å². The predicted octanol–water partition coefficient (Wildman–Crippen LogP) is 3.79. The first-order valence-electron chi connectivity index (χ1n) is 5.48. The summed E-state index contributed by atoms with van der Waals surface area (Å²) in [4.78, 5) is 1.20. The van der Waals surface area contributed by atoms with E-state index in [0.717, 1.165) is 11.5 Å². The number of rotatable bonds is 4. The van der Waals surface area contributed by atoms with Crippen LogP contribution in [0.25, 0.3) is 0 Å². The van der Waals surface area contributed by atoms with Crippen molar-refractivity contribution in [3.63, 3.8) is 0 Å². The summed E-state index contributed by atoms with van der Waals surface area (Å²) in [5.41, 5.74) is 6.45. The zero-order valence-corrected chi connectivity index (χ0v) is 11.2. The molecule has 0 aromatic heterocycles. The van der Waals surface area contributed by atoms with Gasteiger partial charge in [-0.05, 0) is 42.7 Å². The van der Waals surface area contributed by atoms with Gasteiger partial charge in [-0.1, -0.05) is 0 Å². The van der Waals surface area contributed by atoms with Crippen LogP contribution in [-0.4, -0.2) is 13.4 Å². The molecule has 0 bridgehead atoms. The van der Waals surface area contributed by atoms with Crippen molar-refractivity contribution in [2.24, 2.45) is 0 Å². The molecular weight excluding hydrogens is 246 g/mol. The van der Waals surface area contributed by atoms with Gasteiger partial charge in [-0.2, -0.15) is 0 Å². The fourth-order valence-corrected chi connectivity index (χ4v) is 1.91. The van der Waals surface area contributed by atoms with E-state index in [1.807, 2.05) is 30.5 Å². The van der Waals surface area contributed by atoms with E-state index in [1.54, 1.807) is 37.1 Å². The van der Waals surface area contributed by atoms with Crippen LogP contribution in [0.15, 0.2) is 47.4 Å². The Labute approximate surface area is 111 Å². The summed E-state index contributed by atoms with van der Waals surface area (Å²) in [7, 11) is 1.61. The zero-order chi connectivity index (χ0) is 13.0. The van der Waals surface area contributed by atoms with Crippen LogP contribution < -0.4 is 15.2 Å². The van der Waals surface area contributed by atoms with Crippen LogP contribution >= 0.6 is 11.8 Å². The maximum atomic E-state index is 5.86. The van der Waals surface area contributed by atoms with E-state index in [9.17, 15) is 0 Å². The Morgan fingerprint density at radius 3 is 2.28 bits per heavy atom. The van der Waals surface area contributed by atoms with E-state index in [2.05, 4.69) is 0 Å². The molecule has 0 aliphatic rings. The van der Waals surface area contributed by atoms with E-state index in [1.165, 1.54) is 4.90 Å². The van der Waals surface area contributed by atoms with Gasteiger partial charge >= 0.3 is 0 Å². The van der Waals surface area contributed by atoms with Crippen molar-refractivity contribution in [1.29, 1.82) is 0 Å². The van der Waals surface area contributed by atoms with Crippen LogP contribution in [0.2, 0.25) is 0 Å². The molecule has 2 rings (SSSR count). The average Bonchev–Trinajstić information content (AvgIpc) is 2.42. The topological polar surface area (TPSA) is 44.5 Å². The van der Waals surface area contributed by atoms with Crippen molar-refractivity contribution in [3.05, 3.63) is 42.5 Å². The number of ether oxygens (including phenoxy) is 2. The molecule has 0 spiro atoms. The highest BCUT2D eigenvalue weighted by Gasteiger charge is 2.04. The number of methoxy groups -OCH3 is 1. The van der Waals surface area contributed by atoms with Crippen LogP contribution in [0.4, 0.5) is 5.69 Å². The molecule has 3 nitrogen and oxygen atoms in total. The lowest BCUT2D eigenvalue weighted by Gasteiger charge is -2.10. The van der Waals surface area contributed by atoms with Crippen molar-refractivity contribution in [3.8, 4) is 17.2 Å². The molecule has 0 aliphatic heterocycles. The molecule has 2 aromatic carbocycles. The van der Waals surface area contributed by atoms with Gasteiger partial charge in [0.15, 0.2) is 5.75 Å². The standard InChI is InChI=1S/C14H15NO2S/c1-16-11-5-8-13(15)14(9-11)17-10-3-6-12(18-2)7-4-10/h3-9H,15H2,1-2H3. The van der Waals surface area contributed by atoms with Gasteiger partial charge in [0.2, 0.25) is 0 Å². The molecule has 2 N–H and O–H groups in total. The van der Waals surface area contributed by atoms with Gasteiger partial charge in [0.25, 0.3) is 0 Å². The second-order valence-electron chi connectivity index (χ2n) is 3.68. The van der Waals surface area contributed by atoms with Crippen molar-refractivity contribution in [1.82, 2.24) is 0 Å². The largest absolute Gasteiger partial charge is 0.497 e. The van der Waals surface area contributed by atoms with E-state index >= 15 is 0 Å². The highest BCUT2D eigenvalue weighted by molar-refractivity contribution is 7.98. The van der Waals surface area contributed by atoms with Crippen LogP contribution in [0.3, 0.4) is 0 Å².